The van der Waals surface area contributed by atoms with E-state index < -0.39 is 6.10 Å². The maximum atomic E-state index is 12.7. The first kappa shape index (κ1) is 21.6. The van der Waals surface area contributed by atoms with Crippen LogP contribution >= 0.6 is 0 Å². The van der Waals surface area contributed by atoms with Gasteiger partial charge in [0.2, 0.25) is 5.88 Å². The number of aromatic nitrogens is 4. The van der Waals surface area contributed by atoms with Gasteiger partial charge in [0.25, 0.3) is 5.91 Å². The van der Waals surface area contributed by atoms with Gasteiger partial charge in [-0.05, 0) is 26.0 Å². The van der Waals surface area contributed by atoms with Crippen LogP contribution in [0, 0.1) is 0 Å². The quantitative estimate of drug-likeness (QED) is 0.626. The van der Waals surface area contributed by atoms with Gasteiger partial charge in [-0.1, -0.05) is 0 Å². The van der Waals surface area contributed by atoms with Gasteiger partial charge < -0.3 is 24.0 Å². The third-order valence-electron chi connectivity index (χ3n) is 5.80. The van der Waals surface area contributed by atoms with Crippen molar-refractivity contribution < 1.29 is 19.0 Å². The highest BCUT2D eigenvalue weighted by molar-refractivity contribution is 5.93. The van der Waals surface area contributed by atoms with Crippen LogP contribution in [-0.4, -0.2) is 89.2 Å². The first-order valence-electron chi connectivity index (χ1n) is 11.3. The number of carbonyl (C=O) groups is 1. The van der Waals surface area contributed by atoms with Crippen LogP contribution in [0.1, 0.15) is 13.8 Å². The average molecular weight is 453 g/mol. The SMILES string of the molecule is CC(C)Oc1cc2c(-c3ccnc(N4CCN(C(=O)C5COCCO5)CC4)c3)n[nH]c2cn1. The van der Waals surface area contributed by atoms with Gasteiger partial charge in [-0.25, -0.2) is 9.97 Å². The number of carbonyl (C=O) groups excluding carboxylic acids is 1. The monoisotopic (exact) mass is 452 g/mol. The van der Waals surface area contributed by atoms with Crippen molar-refractivity contribution in [1.29, 1.82) is 0 Å². The van der Waals surface area contributed by atoms with E-state index in [-0.39, 0.29) is 12.0 Å². The summed E-state index contributed by atoms with van der Waals surface area (Å²) in [6, 6.07) is 5.90. The van der Waals surface area contributed by atoms with E-state index in [1.54, 1.807) is 12.4 Å². The van der Waals surface area contributed by atoms with Gasteiger partial charge in [0.15, 0.2) is 6.10 Å². The number of pyridine rings is 2. The molecule has 1 amide bonds. The molecule has 2 aliphatic rings. The Morgan fingerprint density at radius 3 is 2.79 bits per heavy atom. The summed E-state index contributed by atoms with van der Waals surface area (Å²) in [6.45, 7) is 7.94. The second kappa shape index (κ2) is 9.32. The smallest absolute Gasteiger partial charge is 0.254 e. The summed E-state index contributed by atoms with van der Waals surface area (Å²) in [6.07, 6.45) is 3.09. The second-order valence-corrected chi connectivity index (χ2v) is 8.46. The fraction of sp³-hybridized carbons (Fsp3) is 0.478. The number of nitrogens with zero attached hydrogens (tertiary/aromatic N) is 5. The van der Waals surface area contributed by atoms with Crippen molar-refractivity contribution in [3.8, 4) is 17.1 Å². The topological polar surface area (TPSA) is 106 Å². The van der Waals surface area contributed by atoms with E-state index in [9.17, 15) is 4.79 Å². The van der Waals surface area contributed by atoms with Gasteiger partial charge in [0.05, 0.1) is 37.6 Å². The van der Waals surface area contributed by atoms with Crippen LogP contribution in [0.3, 0.4) is 0 Å². The number of amides is 1. The predicted molar refractivity (Wildman–Crippen MR) is 122 cm³/mol. The Kier molecular flexibility index (Phi) is 6.10. The van der Waals surface area contributed by atoms with Crippen molar-refractivity contribution in [2.24, 2.45) is 0 Å². The number of rotatable bonds is 5. The van der Waals surface area contributed by atoms with E-state index in [1.807, 2.05) is 36.9 Å². The number of nitrogens with one attached hydrogen (secondary N) is 1. The first-order valence-corrected chi connectivity index (χ1v) is 11.3. The van der Waals surface area contributed by atoms with Crippen LogP contribution < -0.4 is 9.64 Å². The summed E-state index contributed by atoms with van der Waals surface area (Å²) in [4.78, 5) is 25.6. The number of aromatic amines is 1. The Balaban J connectivity index is 1.30. The van der Waals surface area contributed by atoms with E-state index in [0.29, 0.717) is 51.9 Å². The van der Waals surface area contributed by atoms with Gasteiger partial charge in [0, 0.05) is 49.4 Å². The van der Waals surface area contributed by atoms with Gasteiger partial charge in [-0.2, -0.15) is 5.10 Å². The van der Waals surface area contributed by atoms with Crippen molar-refractivity contribution in [2.45, 2.75) is 26.1 Å². The molecule has 10 nitrogen and oxygen atoms in total. The Hall–Kier alpha value is -3.24. The molecular weight excluding hydrogens is 424 g/mol. The second-order valence-electron chi connectivity index (χ2n) is 8.46. The number of hydrogen-bond acceptors (Lipinski definition) is 8. The van der Waals surface area contributed by atoms with E-state index in [0.717, 1.165) is 28.0 Å². The van der Waals surface area contributed by atoms with Crippen LogP contribution in [0.25, 0.3) is 22.2 Å². The summed E-state index contributed by atoms with van der Waals surface area (Å²) in [5, 5.41) is 8.51. The number of ether oxygens (including phenoxy) is 3. The van der Waals surface area contributed by atoms with Gasteiger partial charge in [-0.15, -0.1) is 0 Å². The normalized spacial score (nSPS) is 19.3. The molecule has 0 spiro atoms. The third kappa shape index (κ3) is 4.62. The summed E-state index contributed by atoms with van der Waals surface area (Å²) >= 11 is 0. The van der Waals surface area contributed by atoms with Crippen LogP contribution in [0.5, 0.6) is 5.88 Å². The molecule has 0 aliphatic carbocycles. The maximum absolute atomic E-state index is 12.7. The molecule has 0 radical (unpaired) electrons. The molecule has 0 aromatic carbocycles. The molecule has 174 valence electrons. The van der Waals surface area contributed by atoms with Crippen LogP contribution in [0.2, 0.25) is 0 Å². The first-order chi connectivity index (χ1) is 16.1. The molecular formula is C23H28N6O4. The van der Waals surface area contributed by atoms with Crippen molar-refractivity contribution in [2.75, 3.05) is 50.9 Å². The molecule has 2 saturated heterocycles. The number of anilines is 1. The summed E-state index contributed by atoms with van der Waals surface area (Å²) < 4.78 is 16.7. The molecule has 0 bridgehead atoms. The molecule has 0 saturated carbocycles. The molecule has 10 heteroatoms. The Bertz CT molecular complexity index is 1120. The molecule has 2 fully saturated rings. The number of piperazine rings is 1. The Morgan fingerprint density at radius 1 is 1.18 bits per heavy atom. The zero-order valence-corrected chi connectivity index (χ0v) is 18.9. The van der Waals surface area contributed by atoms with E-state index in [2.05, 4.69) is 25.1 Å². The average Bonchev–Trinajstić information content (AvgIpc) is 3.27. The number of hydrogen-bond donors (Lipinski definition) is 1. The molecule has 3 aromatic heterocycles. The molecule has 5 heterocycles. The molecule has 5 rings (SSSR count). The number of H-pyrrole nitrogens is 1. The minimum absolute atomic E-state index is 0.00656. The van der Waals surface area contributed by atoms with Crippen LogP contribution in [-0.2, 0) is 14.3 Å². The molecule has 1 atom stereocenters. The summed E-state index contributed by atoms with van der Waals surface area (Å²) in [5.74, 6) is 1.44. The van der Waals surface area contributed by atoms with E-state index in [4.69, 9.17) is 14.2 Å². The molecule has 33 heavy (non-hydrogen) atoms. The predicted octanol–water partition coefficient (Wildman–Crippen LogP) is 1.87. The lowest BCUT2D eigenvalue weighted by atomic mass is 10.1. The van der Waals surface area contributed by atoms with Gasteiger partial charge >= 0.3 is 0 Å². The minimum atomic E-state index is -0.487. The molecule has 3 aromatic rings. The lowest BCUT2D eigenvalue weighted by Gasteiger charge is -2.37. The Labute approximate surface area is 191 Å². The van der Waals surface area contributed by atoms with Crippen molar-refractivity contribution in [3.05, 3.63) is 30.6 Å². The largest absolute Gasteiger partial charge is 0.475 e. The third-order valence-corrected chi connectivity index (χ3v) is 5.80. The summed E-state index contributed by atoms with van der Waals surface area (Å²) in [5.41, 5.74) is 2.63. The lowest BCUT2D eigenvalue weighted by molar-refractivity contribution is -0.158. The van der Waals surface area contributed by atoms with Crippen LogP contribution in [0.15, 0.2) is 30.6 Å². The fourth-order valence-electron chi connectivity index (χ4n) is 4.15. The highest BCUT2D eigenvalue weighted by atomic mass is 16.6. The zero-order chi connectivity index (χ0) is 22.8. The van der Waals surface area contributed by atoms with Crippen molar-refractivity contribution in [3.63, 3.8) is 0 Å². The van der Waals surface area contributed by atoms with Crippen molar-refractivity contribution in [1.82, 2.24) is 25.1 Å². The van der Waals surface area contributed by atoms with Crippen LogP contribution in [0.4, 0.5) is 5.82 Å². The summed E-state index contributed by atoms with van der Waals surface area (Å²) in [7, 11) is 0. The minimum Gasteiger partial charge on any atom is -0.475 e. The van der Waals surface area contributed by atoms with Crippen molar-refractivity contribution >= 4 is 22.6 Å². The molecule has 1 unspecified atom stereocenters. The molecule has 1 N–H and O–H groups in total. The zero-order valence-electron chi connectivity index (χ0n) is 18.9. The molecule has 2 aliphatic heterocycles. The van der Waals surface area contributed by atoms with E-state index in [1.165, 1.54) is 0 Å². The van der Waals surface area contributed by atoms with E-state index >= 15 is 0 Å². The highest BCUT2D eigenvalue weighted by Gasteiger charge is 2.30. The highest BCUT2D eigenvalue weighted by Crippen LogP contribution is 2.30. The standard InChI is InChI=1S/C23H28N6O4/c1-15(2)33-21-12-17-18(13-25-21)26-27-22(17)16-3-4-24-20(11-16)28-5-7-29(8-6-28)23(30)19-14-31-9-10-32-19/h3-4,11-13,15,19H,5-10,14H2,1-2H3,(H,26,27). The van der Waals surface area contributed by atoms with Gasteiger partial charge in [-0.3, -0.25) is 9.89 Å². The lowest BCUT2D eigenvalue weighted by Crippen LogP contribution is -2.53. The maximum Gasteiger partial charge on any atom is 0.254 e. The Morgan fingerprint density at radius 2 is 2.03 bits per heavy atom. The fourth-order valence-corrected chi connectivity index (χ4v) is 4.15. The van der Waals surface area contributed by atoms with Gasteiger partial charge in [0.1, 0.15) is 11.5 Å². The number of fused-ring (bicyclic) bond motifs is 1.